The monoisotopic (exact) mass is 250 g/mol. The van der Waals surface area contributed by atoms with Crippen molar-refractivity contribution in [3.05, 3.63) is 18.3 Å². The first kappa shape index (κ1) is 14.4. The number of carbonyl (C=O) groups is 1. The Labute approximate surface area is 108 Å². The van der Waals surface area contributed by atoms with E-state index in [1.165, 1.54) is 0 Å². The minimum atomic E-state index is -0.0107. The lowest BCUT2D eigenvalue weighted by Crippen LogP contribution is -2.23. The lowest BCUT2D eigenvalue weighted by molar-refractivity contribution is -0.117. The van der Waals surface area contributed by atoms with Gasteiger partial charge in [-0.3, -0.25) is 4.79 Å². The van der Waals surface area contributed by atoms with Crippen LogP contribution in [0.3, 0.4) is 0 Å². The van der Waals surface area contributed by atoms with E-state index in [-0.39, 0.29) is 11.8 Å². The summed E-state index contributed by atoms with van der Waals surface area (Å²) in [6.45, 7) is 2.58. The van der Waals surface area contributed by atoms with Crippen LogP contribution >= 0.6 is 0 Å². The highest BCUT2D eigenvalue weighted by Gasteiger charge is 2.13. The summed E-state index contributed by atoms with van der Waals surface area (Å²) in [5.74, 6) is 0.986. The number of rotatable bonds is 6. The van der Waals surface area contributed by atoms with Crippen LogP contribution in [0.2, 0.25) is 0 Å². The predicted molar refractivity (Wildman–Crippen MR) is 74.6 cm³/mol. The highest BCUT2D eigenvalue weighted by molar-refractivity contribution is 5.93. The fourth-order valence-corrected chi connectivity index (χ4v) is 1.71. The van der Waals surface area contributed by atoms with E-state index in [1.807, 2.05) is 38.1 Å². The van der Waals surface area contributed by atoms with Gasteiger partial charge in [0.05, 0.1) is 5.69 Å². The normalized spacial score (nSPS) is 12.0. The lowest BCUT2D eigenvalue weighted by Gasteiger charge is -2.17. The second-order valence-corrected chi connectivity index (χ2v) is 4.53. The molecule has 0 aromatic carbocycles. The summed E-state index contributed by atoms with van der Waals surface area (Å²) in [6, 6.07) is 3.66. The molecule has 1 amide bonds. The summed E-state index contributed by atoms with van der Waals surface area (Å²) in [5, 5.41) is 2.89. The van der Waals surface area contributed by atoms with E-state index < -0.39 is 0 Å². The molecular formula is C13H22N4O. The number of hydrogen-bond donors (Lipinski definition) is 2. The zero-order valence-electron chi connectivity index (χ0n) is 11.3. The average Bonchev–Trinajstić information content (AvgIpc) is 2.36. The molecule has 100 valence electrons. The van der Waals surface area contributed by atoms with Gasteiger partial charge in [-0.05, 0) is 24.6 Å². The number of anilines is 2. The van der Waals surface area contributed by atoms with Crippen molar-refractivity contribution >= 4 is 17.4 Å². The van der Waals surface area contributed by atoms with E-state index in [0.717, 1.165) is 17.9 Å². The molecule has 1 rings (SSSR count). The SMILES string of the molecule is CCC(CN)CC(=O)Nc1cccnc1N(C)C. The van der Waals surface area contributed by atoms with E-state index in [9.17, 15) is 4.79 Å². The topological polar surface area (TPSA) is 71.2 Å². The van der Waals surface area contributed by atoms with Gasteiger partial charge in [0, 0.05) is 26.7 Å². The molecule has 0 aliphatic heterocycles. The van der Waals surface area contributed by atoms with Gasteiger partial charge in [-0.1, -0.05) is 13.3 Å². The Morgan fingerprint density at radius 2 is 2.28 bits per heavy atom. The van der Waals surface area contributed by atoms with Gasteiger partial charge in [0.2, 0.25) is 5.91 Å². The summed E-state index contributed by atoms with van der Waals surface area (Å²) >= 11 is 0. The Hall–Kier alpha value is -1.62. The number of aromatic nitrogens is 1. The van der Waals surface area contributed by atoms with Crippen LogP contribution in [-0.4, -0.2) is 31.5 Å². The lowest BCUT2D eigenvalue weighted by atomic mass is 10.0. The maximum Gasteiger partial charge on any atom is 0.224 e. The zero-order valence-corrected chi connectivity index (χ0v) is 11.3. The highest BCUT2D eigenvalue weighted by Crippen LogP contribution is 2.21. The van der Waals surface area contributed by atoms with Crippen LogP contribution < -0.4 is 16.0 Å². The molecule has 0 saturated carbocycles. The second kappa shape index (κ2) is 6.96. The molecular weight excluding hydrogens is 228 g/mol. The third kappa shape index (κ3) is 4.00. The van der Waals surface area contributed by atoms with Gasteiger partial charge >= 0.3 is 0 Å². The van der Waals surface area contributed by atoms with E-state index in [2.05, 4.69) is 10.3 Å². The number of nitrogens with two attached hydrogens (primary N) is 1. The van der Waals surface area contributed by atoms with E-state index in [1.54, 1.807) is 6.20 Å². The van der Waals surface area contributed by atoms with E-state index in [0.29, 0.717) is 13.0 Å². The van der Waals surface area contributed by atoms with Crippen LogP contribution in [0.25, 0.3) is 0 Å². The van der Waals surface area contributed by atoms with Crippen LogP contribution in [0, 0.1) is 5.92 Å². The summed E-state index contributed by atoms with van der Waals surface area (Å²) in [6.07, 6.45) is 3.08. The fraction of sp³-hybridized carbons (Fsp3) is 0.538. The van der Waals surface area contributed by atoms with Gasteiger partial charge in [-0.25, -0.2) is 4.98 Å². The van der Waals surface area contributed by atoms with Crippen LogP contribution in [0.5, 0.6) is 0 Å². The van der Waals surface area contributed by atoms with Gasteiger partial charge < -0.3 is 16.0 Å². The molecule has 1 heterocycles. The molecule has 1 unspecified atom stereocenters. The van der Waals surface area contributed by atoms with Crippen molar-refractivity contribution in [2.24, 2.45) is 11.7 Å². The molecule has 0 radical (unpaired) electrons. The first-order valence-corrected chi connectivity index (χ1v) is 6.20. The van der Waals surface area contributed by atoms with Gasteiger partial charge in [-0.15, -0.1) is 0 Å². The van der Waals surface area contributed by atoms with Gasteiger partial charge in [0.25, 0.3) is 0 Å². The molecule has 3 N–H and O–H groups in total. The minimum absolute atomic E-state index is 0.0107. The molecule has 5 heteroatoms. The maximum absolute atomic E-state index is 11.9. The standard InChI is InChI=1S/C13H22N4O/c1-4-10(9-14)8-12(18)16-11-6-5-7-15-13(11)17(2)3/h5-7,10H,4,8-9,14H2,1-3H3,(H,16,18). The molecule has 0 aliphatic rings. The van der Waals surface area contributed by atoms with Crippen LogP contribution in [0.15, 0.2) is 18.3 Å². The summed E-state index contributed by atoms with van der Waals surface area (Å²) in [4.78, 5) is 18.0. The molecule has 0 saturated heterocycles. The highest BCUT2D eigenvalue weighted by atomic mass is 16.1. The first-order chi connectivity index (χ1) is 8.58. The third-order valence-corrected chi connectivity index (χ3v) is 2.87. The molecule has 5 nitrogen and oxygen atoms in total. The first-order valence-electron chi connectivity index (χ1n) is 6.20. The summed E-state index contributed by atoms with van der Waals surface area (Å²) < 4.78 is 0. The molecule has 0 spiro atoms. The van der Waals surface area contributed by atoms with Crippen molar-refractivity contribution in [1.82, 2.24) is 4.98 Å². The summed E-state index contributed by atoms with van der Waals surface area (Å²) in [5.41, 5.74) is 6.34. The Kier molecular flexibility index (Phi) is 5.58. The fourth-order valence-electron chi connectivity index (χ4n) is 1.71. The summed E-state index contributed by atoms with van der Waals surface area (Å²) in [7, 11) is 3.79. The van der Waals surface area contributed by atoms with Gasteiger partial charge in [0.15, 0.2) is 5.82 Å². The van der Waals surface area contributed by atoms with Crippen molar-refractivity contribution in [3.63, 3.8) is 0 Å². The Balaban J connectivity index is 2.70. The largest absolute Gasteiger partial charge is 0.361 e. The van der Waals surface area contributed by atoms with Crippen molar-refractivity contribution < 1.29 is 4.79 Å². The van der Waals surface area contributed by atoms with Crippen molar-refractivity contribution in [1.29, 1.82) is 0 Å². The third-order valence-electron chi connectivity index (χ3n) is 2.87. The molecule has 1 atom stereocenters. The maximum atomic E-state index is 11.9. The molecule has 0 aliphatic carbocycles. The molecule has 0 fully saturated rings. The van der Waals surface area contributed by atoms with Crippen molar-refractivity contribution in [3.8, 4) is 0 Å². The number of pyridine rings is 1. The van der Waals surface area contributed by atoms with Crippen LogP contribution in [0.4, 0.5) is 11.5 Å². The molecule has 1 aromatic rings. The predicted octanol–water partition coefficient (Wildman–Crippen LogP) is 1.46. The average molecular weight is 250 g/mol. The zero-order chi connectivity index (χ0) is 13.5. The molecule has 1 aromatic heterocycles. The van der Waals surface area contributed by atoms with Crippen molar-refractivity contribution in [2.45, 2.75) is 19.8 Å². The Bertz CT molecular complexity index is 388. The number of hydrogen-bond acceptors (Lipinski definition) is 4. The second-order valence-electron chi connectivity index (χ2n) is 4.53. The van der Waals surface area contributed by atoms with Gasteiger partial charge in [0.1, 0.15) is 0 Å². The van der Waals surface area contributed by atoms with Crippen LogP contribution in [-0.2, 0) is 4.79 Å². The number of nitrogens with zero attached hydrogens (tertiary/aromatic N) is 2. The quantitative estimate of drug-likeness (QED) is 0.802. The number of nitrogens with one attached hydrogen (secondary N) is 1. The van der Waals surface area contributed by atoms with Crippen LogP contribution in [0.1, 0.15) is 19.8 Å². The smallest absolute Gasteiger partial charge is 0.224 e. The Morgan fingerprint density at radius 1 is 1.56 bits per heavy atom. The number of amides is 1. The Morgan fingerprint density at radius 3 is 2.83 bits per heavy atom. The van der Waals surface area contributed by atoms with E-state index in [4.69, 9.17) is 5.73 Å². The number of carbonyl (C=O) groups excluding carboxylic acids is 1. The van der Waals surface area contributed by atoms with Gasteiger partial charge in [-0.2, -0.15) is 0 Å². The van der Waals surface area contributed by atoms with E-state index >= 15 is 0 Å². The molecule has 18 heavy (non-hydrogen) atoms. The molecule has 0 bridgehead atoms. The minimum Gasteiger partial charge on any atom is -0.361 e. The van der Waals surface area contributed by atoms with Crippen molar-refractivity contribution in [2.75, 3.05) is 30.9 Å².